The van der Waals surface area contributed by atoms with Crippen LogP contribution >= 0.6 is 11.6 Å². The van der Waals surface area contributed by atoms with Crippen molar-refractivity contribution in [1.82, 2.24) is 0 Å². The maximum absolute atomic E-state index is 12.8. The first-order chi connectivity index (χ1) is 14.4. The summed E-state index contributed by atoms with van der Waals surface area (Å²) in [4.78, 5) is 23.6. The summed E-state index contributed by atoms with van der Waals surface area (Å²) in [7, 11) is 1.57. The van der Waals surface area contributed by atoms with Crippen molar-refractivity contribution in [3.05, 3.63) is 70.7 Å². The third-order valence-corrected chi connectivity index (χ3v) is 5.29. The number of benzene rings is 3. The topological polar surface area (TPSA) is 87.7 Å². The van der Waals surface area contributed by atoms with Crippen molar-refractivity contribution in [1.29, 1.82) is 0 Å². The van der Waals surface area contributed by atoms with Crippen molar-refractivity contribution in [3.63, 3.8) is 0 Å². The highest BCUT2D eigenvalue weighted by Gasteiger charge is 2.20. The van der Waals surface area contributed by atoms with Gasteiger partial charge in [-0.05, 0) is 59.5 Å². The van der Waals surface area contributed by atoms with Gasteiger partial charge in [0.25, 0.3) is 5.91 Å². The molecule has 1 heterocycles. The Morgan fingerprint density at radius 2 is 1.73 bits per heavy atom. The molecule has 1 aliphatic rings. The Morgan fingerprint density at radius 3 is 2.50 bits per heavy atom. The second kappa shape index (κ2) is 8.08. The summed E-state index contributed by atoms with van der Waals surface area (Å²) in [6.45, 7) is 0. The minimum Gasteiger partial charge on any atom is -0.495 e. The average Bonchev–Trinajstić information content (AvgIpc) is 2.87. The lowest BCUT2D eigenvalue weighted by atomic mass is 10.0. The molecule has 3 N–H and O–H groups in total. The zero-order valence-corrected chi connectivity index (χ0v) is 16.9. The molecule has 4 rings (SSSR count). The Hall–Kier alpha value is -3.51. The number of aliphatic carboxylic acids is 1. The number of fused-ring (bicyclic) bond motifs is 2. The van der Waals surface area contributed by atoms with Gasteiger partial charge in [0, 0.05) is 6.42 Å². The lowest BCUT2D eigenvalue weighted by molar-refractivity contribution is -0.136. The van der Waals surface area contributed by atoms with E-state index in [1.807, 2.05) is 36.4 Å². The quantitative estimate of drug-likeness (QED) is 0.516. The van der Waals surface area contributed by atoms with Crippen LogP contribution in [0.25, 0.3) is 11.1 Å². The van der Waals surface area contributed by atoms with E-state index in [9.17, 15) is 9.59 Å². The van der Waals surface area contributed by atoms with Gasteiger partial charge >= 0.3 is 5.97 Å². The number of ether oxygens (including phenoxy) is 1. The maximum Gasteiger partial charge on any atom is 0.303 e. The van der Waals surface area contributed by atoms with Crippen molar-refractivity contribution in [2.45, 2.75) is 12.8 Å². The first-order valence-electron chi connectivity index (χ1n) is 9.35. The minimum absolute atomic E-state index is 0.0360. The molecule has 0 unspecified atom stereocenters. The van der Waals surface area contributed by atoms with Gasteiger partial charge in [-0.3, -0.25) is 9.59 Å². The third-order valence-electron chi connectivity index (χ3n) is 4.98. The Kier molecular flexibility index (Phi) is 5.33. The number of anilines is 3. The molecule has 30 heavy (non-hydrogen) atoms. The third kappa shape index (κ3) is 3.95. The highest BCUT2D eigenvalue weighted by molar-refractivity contribution is 6.32. The van der Waals surface area contributed by atoms with Gasteiger partial charge in [0.2, 0.25) is 0 Å². The van der Waals surface area contributed by atoms with Crippen molar-refractivity contribution in [2.24, 2.45) is 0 Å². The molecule has 0 atom stereocenters. The standard InChI is InChI=1S/C23H19ClN2O4/c1-30-21-12-15(5-7-17(21)24)14-4-6-16-19(11-14)25-18-8-2-13(3-9-22(27)28)10-20(18)26-23(16)29/h2,4-8,10-12,25H,3,9H2,1H3,(H,26,29)(H,27,28). The lowest BCUT2D eigenvalue weighted by Crippen LogP contribution is -2.11. The van der Waals surface area contributed by atoms with E-state index >= 15 is 0 Å². The molecule has 1 aliphatic heterocycles. The van der Waals surface area contributed by atoms with Crippen LogP contribution in [0.2, 0.25) is 5.02 Å². The van der Waals surface area contributed by atoms with Crippen LogP contribution in [0.1, 0.15) is 22.3 Å². The monoisotopic (exact) mass is 422 g/mol. The Morgan fingerprint density at radius 1 is 0.967 bits per heavy atom. The molecular weight excluding hydrogens is 404 g/mol. The lowest BCUT2D eigenvalue weighted by Gasteiger charge is -2.12. The van der Waals surface area contributed by atoms with Crippen LogP contribution in [0.15, 0.2) is 54.6 Å². The van der Waals surface area contributed by atoms with Crippen molar-refractivity contribution >= 4 is 40.5 Å². The number of methoxy groups -OCH3 is 1. The Labute approximate surface area is 178 Å². The molecule has 1 amide bonds. The number of carbonyl (C=O) groups excluding carboxylic acids is 1. The number of rotatable bonds is 5. The summed E-state index contributed by atoms with van der Waals surface area (Å²) < 4.78 is 5.30. The number of carboxylic acids is 1. The largest absolute Gasteiger partial charge is 0.495 e. The van der Waals surface area contributed by atoms with E-state index in [2.05, 4.69) is 10.6 Å². The van der Waals surface area contributed by atoms with Gasteiger partial charge in [-0.1, -0.05) is 29.8 Å². The maximum atomic E-state index is 12.8. The summed E-state index contributed by atoms with van der Waals surface area (Å²) in [5, 5.41) is 15.6. The van der Waals surface area contributed by atoms with Gasteiger partial charge in [0.05, 0.1) is 34.8 Å². The van der Waals surface area contributed by atoms with Gasteiger partial charge < -0.3 is 20.5 Å². The number of aryl methyl sites for hydroxylation is 1. The highest BCUT2D eigenvalue weighted by Crippen LogP contribution is 2.36. The predicted octanol–water partition coefficient (Wildman–Crippen LogP) is 5.34. The first kappa shape index (κ1) is 19.8. The van der Waals surface area contributed by atoms with Crippen LogP contribution < -0.4 is 15.4 Å². The molecule has 6 nitrogen and oxygen atoms in total. The predicted molar refractivity (Wildman–Crippen MR) is 117 cm³/mol. The first-order valence-corrected chi connectivity index (χ1v) is 9.73. The second-order valence-corrected chi connectivity index (χ2v) is 7.37. The van der Waals surface area contributed by atoms with Crippen molar-refractivity contribution in [3.8, 4) is 16.9 Å². The van der Waals surface area contributed by atoms with Crippen LogP contribution in [0.4, 0.5) is 17.1 Å². The summed E-state index contributed by atoms with van der Waals surface area (Å²) in [6.07, 6.45) is 0.433. The molecule has 0 fully saturated rings. The average molecular weight is 423 g/mol. The van der Waals surface area contributed by atoms with Gasteiger partial charge in [-0.25, -0.2) is 0 Å². The van der Waals surface area contributed by atoms with Crippen LogP contribution in [-0.2, 0) is 11.2 Å². The molecule has 0 aliphatic carbocycles. The van der Waals surface area contributed by atoms with Crippen LogP contribution in [0.3, 0.4) is 0 Å². The SMILES string of the molecule is COc1cc(-c2ccc3c(c2)Nc2ccc(CCC(=O)O)cc2NC3=O)ccc1Cl. The smallest absolute Gasteiger partial charge is 0.303 e. The second-order valence-electron chi connectivity index (χ2n) is 6.96. The summed E-state index contributed by atoms with van der Waals surface area (Å²) in [5.74, 6) is -0.508. The number of hydrogen-bond donors (Lipinski definition) is 3. The summed E-state index contributed by atoms with van der Waals surface area (Å²) in [6, 6.07) is 16.6. The molecule has 3 aromatic rings. The molecule has 152 valence electrons. The Balaban J connectivity index is 1.69. The van der Waals surface area contributed by atoms with E-state index in [-0.39, 0.29) is 12.3 Å². The number of carboxylic acid groups (broad SMARTS) is 1. The van der Waals surface area contributed by atoms with E-state index in [0.29, 0.717) is 34.1 Å². The number of nitrogens with one attached hydrogen (secondary N) is 2. The molecular formula is C23H19ClN2O4. The number of amides is 1. The highest BCUT2D eigenvalue weighted by atomic mass is 35.5. The molecule has 0 saturated carbocycles. The van der Waals surface area contributed by atoms with E-state index in [1.54, 1.807) is 25.3 Å². The van der Waals surface area contributed by atoms with E-state index in [0.717, 1.165) is 22.4 Å². The van der Waals surface area contributed by atoms with Crippen LogP contribution in [-0.4, -0.2) is 24.1 Å². The summed E-state index contributed by atoms with van der Waals surface area (Å²) in [5.41, 5.74) is 5.22. The zero-order valence-electron chi connectivity index (χ0n) is 16.2. The van der Waals surface area contributed by atoms with Crippen molar-refractivity contribution in [2.75, 3.05) is 17.7 Å². The van der Waals surface area contributed by atoms with Crippen molar-refractivity contribution < 1.29 is 19.4 Å². The van der Waals surface area contributed by atoms with Crippen LogP contribution in [0.5, 0.6) is 5.75 Å². The number of hydrogen-bond acceptors (Lipinski definition) is 4. The zero-order chi connectivity index (χ0) is 21.3. The molecule has 0 saturated heterocycles. The number of halogens is 1. The normalized spacial score (nSPS) is 12.1. The molecule has 3 aromatic carbocycles. The fourth-order valence-electron chi connectivity index (χ4n) is 3.41. The summed E-state index contributed by atoms with van der Waals surface area (Å²) >= 11 is 6.13. The fourth-order valence-corrected chi connectivity index (χ4v) is 3.60. The van der Waals surface area contributed by atoms with Gasteiger partial charge in [-0.2, -0.15) is 0 Å². The Bertz CT molecular complexity index is 1160. The van der Waals surface area contributed by atoms with Gasteiger partial charge in [0.15, 0.2) is 0 Å². The minimum atomic E-state index is -0.856. The van der Waals surface area contributed by atoms with E-state index in [4.69, 9.17) is 21.4 Å². The molecule has 0 radical (unpaired) electrons. The van der Waals surface area contributed by atoms with E-state index in [1.165, 1.54) is 0 Å². The molecule has 7 heteroatoms. The number of carbonyl (C=O) groups is 2. The molecule has 0 spiro atoms. The van der Waals surface area contributed by atoms with Gasteiger partial charge in [-0.15, -0.1) is 0 Å². The van der Waals surface area contributed by atoms with Gasteiger partial charge in [0.1, 0.15) is 5.75 Å². The fraction of sp³-hybridized carbons (Fsp3) is 0.130. The van der Waals surface area contributed by atoms with E-state index < -0.39 is 5.97 Å². The van der Waals surface area contributed by atoms with Crippen LogP contribution in [0, 0.1) is 0 Å². The molecule has 0 bridgehead atoms. The molecule has 0 aromatic heterocycles.